The Kier molecular flexibility index (Phi) is 33.6. The molecule has 0 saturated heterocycles. The van der Waals surface area contributed by atoms with Gasteiger partial charge >= 0.3 is 0 Å². The number of nitrogens with zero attached hydrogens (tertiary/aromatic N) is 4. The van der Waals surface area contributed by atoms with Gasteiger partial charge in [0.15, 0.2) is 0 Å². The molecule has 6 nitrogen and oxygen atoms in total. The largest absolute Gasteiger partial charge is 0.470 e. The van der Waals surface area contributed by atoms with Crippen molar-refractivity contribution >= 4 is 28.8 Å². The Bertz CT molecular complexity index is 1470. The fourth-order valence-corrected chi connectivity index (χ4v) is 4.83. The molecule has 0 aliphatic heterocycles. The summed E-state index contributed by atoms with van der Waals surface area (Å²) in [7, 11) is 0. The molecule has 7 heteroatoms. The molecule has 0 spiro atoms. The number of hydrogen-bond donors (Lipinski definition) is 0. The van der Waals surface area contributed by atoms with Gasteiger partial charge in [0.2, 0.25) is 5.88 Å². The highest BCUT2D eigenvalue weighted by Crippen LogP contribution is 2.42. The first-order chi connectivity index (χ1) is 26.4. The first-order valence-corrected chi connectivity index (χ1v) is 22.1. The van der Waals surface area contributed by atoms with Crippen molar-refractivity contribution in [2.24, 2.45) is 16.3 Å². The first kappa shape index (κ1) is 57.2. The third-order valence-corrected chi connectivity index (χ3v) is 9.33. The third kappa shape index (κ3) is 27.5. The number of carbonyl (C=O) groups excluding carboxylic acids is 1. The predicted molar refractivity (Wildman–Crippen MR) is 248 cm³/mol. The topological polar surface area (TPSA) is 77.3 Å². The van der Waals surface area contributed by atoms with Crippen molar-refractivity contribution in [2.75, 3.05) is 0 Å². The number of rotatable bonds is 11. The van der Waals surface area contributed by atoms with E-state index >= 15 is 0 Å². The van der Waals surface area contributed by atoms with E-state index in [1.807, 2.05) is 78.9 Å². The number of ketones is 1. The fourth-order valence-electron chi connectivity index (χ4n) is 4.49. The van der Waals surface area contributed by atoms with Gasteiger partial charge < -0.3 is 9.53 Å². The maximum Gasteiger partial charge on any atom is 0.243 e. The van der Waals surface area contributed by atoms with Crippen LogP contribution in [0.25, 0.3) is 0 Å². The Labute approximate surface area is 351 Å². The van der Waals surface area contributed by atoms with Crippen LogP contribution in [0, 0.1) is 32.1 Å². The van der Waals surface area contributed by atoms with Crippen molar-refractivity contribution in [1.82, 2.24) is 15.0 Å². The maximum atomic E-state index is 10.0. The van der Waals surface area contributed by atoms with Crippen molar-refractivity contribution in [2.45, 2.75) is 201 Å². The number of halogens is 1. The maximum absolute atomic E-state index is 10.0. The number of benzene rings is 1. The highest BCUT2D eigenvalue weighted by atomic mass is 35.5. The minimum atomic E-state index is -0.112. The number of aromatic nitrogens is 3. The number of carbonyl (C=O) groups is 1. The Morgan fingerprint density at radius 1 is 0.857 bits per heavy atom. The molecule has 1 aromatic carbocycles. The Morgan fingerprint density at radius 3 is 1.73 bits per heavy atom. The van der Waals surface area contributed by atoms with Crippen molar-refractivity contribution < 1.29 is 9.53 Å². The quantitative estimate of drug-likeness (QED) is 0.181. The third-order valence-electron chi connectivity index (χ3n) is 9.02. The van der Waals surface area contributed by atoms with E-state index in [2.05, 4.69) is 97.2 Å². The van der Waals surface area contributed by atoms with Gasteiger partial charge in [-0.2, -0.15) is 4.98 Å². The van der Waals surface area contributed by atoms with E-state index < -0.39 is 0 Å². The lowest BCUT2D eigenvalue weighted by Gasteiger charge is -2.15. The average molecular weight is 798 g/mol. The van der Waals surface area contributed by atoms with Crippen LogP contribution in [0.1, 0.15) is 197 Å². The van der Waals surface area contributed by atoms with Crippen LogP contribution in [0.3, 0.4) is 0 Å². The number of pyridine rings is 1. The van der Waals surface area contributed by atoms with Gasteiger partial charge in [-0.25, -0.2) is 9.98 Å². The normalized spacial score (nSPS) is 12.1. The highest BCUT2D eigenvalue weighted by molar-refractivity contribution is 6.34. The molecular weight excluding hydrogens is 712 g/mol. The zero-order chi connectivity index (χ0) is 43.9. The van der Waals surface area contributed by atoms with Crippen molar-refractivity contribution in [3.8, 4) is 5.88 Å². The zero-order valence-electron chi connectivity index (χ0n) is 39.7. The van der Waals surface area contributed by atoms with Crippen molar-refractivity contribution in [3.63, 3.8) is 0 Å². The van der Waals surface area contributed by atoms with Crippen LogP contribution in [0.2, 0.25) is 5.02 Å². The molecule has 1 saturated carbocycles. The highest BCUT2D eigenvalue weighted by Gasteiger charge is 2.41. The van der Waals surface area contributed by atoms with Gasteiger partial charge in [0.05, 0.1) is 5.69 Å². The number of hydrogen-bond acceptors (Lipinski definition) is 6. The van der Waals surface area contributed by atoms with Gasteiger partial charge in [0.25, 0.3) is 0 Å². The molecule has 0 atom stereocenters. The van der Waals surface area contributed by atoms with Crippen LogP contribution < -0.4 is 4.74 Å². The summed E-state index contributed by atoms with van der Waals surface area (Å²) in [5, 5.41) is 0.710. The van der Waals surface area contributed by atoms with Crippen LogP contribution in [-0.2, 0) is 11.2 Å². The number of ether oxygens (including phenoxy) is 1. The molecule has 0 amide bonds. The predicted octanol–water partition coefficient (Wildman–Crippen LogP) is 15.9. The van der Waals surface area contributed by atoms with Crippen molar-refractivity contribution in [1.29, 1.82) is 0 Å². The van der Waals surface area contributed by atoms with E-state index in [1.165, 1.54) is 43.3 Å². The van der Waals surface area contributed by atoms with Gasteiger partial charge in [-0.3, -0.25) is 4.98 Å². The summed E-state index contributed by atoms with van der Waals surface area (Å²) >= 11 is 6.42. The fraction of sp³-hybridized carbons (Fsp3) is 0.653. The number of aliphatic imine (C=N–C) groups is 1. The summed E-state index contributed by atoms with van der Waals surface area (Å²) < 4.78 is 6.06. The van der Waals surface area contributed by atoms with Gasteiger partial charge in [-0.15, -0.1) is 0 Å². The van der Waals surface area contributed by atoms with Crippen molar-refractivity contribution in [3.05, 3.63) is 76.0 Å². The summed E-state index contributed by atoms with van der Waals surface area (Å²) in [5.74, 6) is 1.83. The molecule has 2 heterocycles. The molecule has 1 aliphatic rings. The van der Waals surface area contributed by atoms with Crippen LogP contribution in [0.15, 0.2) is 47.8 Å². The molecule has 0 N–H and O–H groups in total. The Balaban J connectivity index is -0.000000723. The minimum Gasteiger partial charge on any atom is -0.470 e. The summed E-state index contributed by atoms with van der Waals surface area (Å²) in [6, 6.07) is 10.1. The van der Waals surface area contributed by atoms with Crippen LogP contribution in [-0.4, -0.2) is 32.0 Å². The smallest absolute Gasteiger partial charge is 0.243 e. The molecular formula is C49H85ClN4O2. The monoisotopic (exact) mass is 797 g/mol. The van der Waals surface area contributed by atoms with E-state index in [1.54, 1.807) is 6.92 Å². The summed E-state index contributed by atoms with van der Waals surface area (Å²) in [6.07, 6.45) is 14.3. The number of Topliss-reactive ketones (excluding diaryl/α,β-unsaturated/α-hetero) is 1. The molecule has 1 fully saturated rings. The van der Waals surface area contributed by atoms with E-state index in [0.717, 1.165) is 67.0 Å². The summed E-state index contributed by atoms with van der Waals surface area (Å²) in [4.78, 5) is 27.6. The average Bonchev–Trinajstić information content (AvgIpc) is 3.91. The first-order valence-electron chi connectivity index (χ1n) is 21.7. The summed E-state index contributed by atoms with van der Waals surface area (Å²) in [5.41, 5.74) is 7.37. The van der Waals surface area contributed by atoms with E-state index in [4.69, 9.17) is 21.3 Å². The van der Waals surface area contributed by atoms with E-state index in [0.29, 0.717) is 22.0 Å². The molecule has 2 aromatic heterocycles. The van der Waals surface area contributed by atoms with Crippen LogP contribution in [0.5, 0.6) is 5.88 Å². The lowest BCUT2D eigenvalue weighted by atomic mass is 9.94. The molecule has 56 heavy (non-hydrogen) atoms. The van der Waals surface area contributed by atoms with Gasteiger partial charge in [-0.05, 0) is 107 Å². The second-order valence-corrected chi connectivity index (χ2v) is 15.6. The molecule has 3 aromatic rings. The molecule has 320 valence electrons. The summed E-state index contributed by atoms with van der Waals surface area (Å²) in [6.45, 7) is 39.6. The standard InChI is InChI=1S/C19H22ClN3O.C8H11N.C7H16.C6H14.C5H10O.2C2H6/c1-5-16(14-7-6-12(2)10-15(14)20)23-17-13(3)21-11-22-18(17)24-19(4)8-9-19;1-3-8-6-7(2)4-5-9-8;1-4-7(5-2)6-3;1-5-6(2,3)4;1-3-4-5(2)6;2*1-2/h6-7,10-11H,5,8-9H2,1-4H3;4-6H,3H2,1-2H3;7H,4-6H2,1-3H3;5H2,1-4H3;3-4H2,1-2H3;2*1-2H3. The lowest BCUT2D eigenvalue weighted by Crippen LogP contribution is -2.14. The second-order valence-electron chi connectivity index (χ2n) is 15.2. The van der Waals surface area contributed by atoms with E-state index in [-0.39, 0.29) is 11.4 Å². The molecule has 0 bridgehead atoms. The molecule has 0 unspecified atom stereocenters. The molecule has 0 radical (unpaired) electrons. The number of aryl methyl sites for hydroxylation is 4. The zero-order valence-corrected chi connectivity index (χ0v) is 40.4. The minimum absolute atomic E-state index is 0.112. The van der Waals surface area contributed by atoms with Crippen LogP contribution >= 0.6 is 11.6 Å². The molecule has 4 rings (SSSR count). The van der Waals surface area contributed by atoms with Crippen LogP contribution in [0.4, 0.5) is 5.69 Å². The van der Waals surface area contributed by atoms with Gasteiger partial charge in [-0.1, -0.05) is 146 Å². The second kappa shape index (κ2) is 32.9. The van der Waals surface area contributed by atoms with E-state index in [9.17, 15) is 4.79 Å². The molecule has 1 aliphatic carbocycles. The Hall–Kier alpha value is -3.12. The van der Waals surface area contributed by atoms with Gasteiger partial charge in [0, 0.05) is 34.6 Å². The Morgan fingerprint density at radius 2 is 1.39 bits per heavy atom. The SMILES string of the molecule is CC.CC.CCC(=Nc1c(C)ncnc1OC1(C)CC1)c1ccc(C)cc1Cl.CCC(C)(C)C.CCC(CC)CC.CCCC(C)=O.CCc1cc(C)ccn1. The van der Waals surface area contributed by atoms with Gasteiger partial charge in [0.1, 0.15) is 23.4 Å². The lowest BCUT2D eigenvalue weighted by molar-refractivity contribution is -0.117.